The van der Waals surface area contributed by atoms with Gasteiger partial charge in [0.25, 0.3) is 5.91 Å². The molecule has 0 saturated carbocycles. The fraction of sp³-hybridized carbons (Fsp3) is 0.379. The van der Waals surface area contributed by atoms with Crippen LogP contribution in [0, 0.1) is 0 Å². The molecule has 41 heavy (non-hydrogen) atoms. The molecule has 1 aromatic carbocycles. The number of aromatic nitrogens is 3. The summed E-state index contributed by atoms with van der Waals surface area (Å²) < 4.78 is 0. The summed E-state index contributed by atoms with van der Waals surface area (Å²) in [5.74, 6) is -0.00581. The number of anilines is 3. The highest BCUT2D eigenvalue weighted by atomic mass is 16.2. The Morgan fingerprint density at radius 1 is 0.976 bits per heavy atom. The van der Waals surface area contributed by atoms with Crippen LogP contribution in [0.25, 0.3) is 10.8 Å². The first-order valence-corrected chi connectivity index (χ1v) is 13.6. The average molecular weight is 562 g/mol. The van der Waals surface area contributed by atoms with Gasteiger partial charge in [0.15, 0.2) is 0 Å². The van der Waals surface area contributed by atoms with Crippen molar-refractivity contribution in [3.63, 3.8) is 0 Å². The number of amides is 3. The molecule has 12 nitrogen and oxygen atoms in total. The minimum atomic E-state index is -0.311. The van der Waals surface area contributed by atoms with E-state index < -0.39 is 0 Å². The van der Waals surface area contributed by atoms with Crippen molar-refractivity contribution in [1.29, 1.82) is 0 Å². The topological polar surface area (TPSA) is 144 Å². The molecular weight excluding hydrogens is 522 g/mol. The van der Waals surface area contributed by atoms with Crippen LogP contribution in [-0.2, 0) is 9.59 Å². The Balaban J connectivity index is 1.48. The van der Waals surface area contributed by atoms with E-state index in [1.54, 1.807) is 25.5 Å². The lowest BCUT2D eigenvalue weighted by molar-refractivity contribution is -0.131. The number of carbonyl (C=O) groups is 3. The molecule has 12 heteroatoms. The van der Waals surface area contributed by atoms with E-state index in [0.29, 0.717) is 49.9 Å². The minimum absolute atomic E-state index is 0.0436. The number of nitrogens with one attached hydrogen (secondary N) is 4. The molecule has 0 aliphatic heterocycles. The van der Waals surface area contributed by atoms with Crippen molar-refractivity contribution in [2.24, 2.45) is 0 Å². The highest BCUT2D eigenvalue weighted by Crippen LogP contribution is 2.22. The van der Waals surface area contributed by atoms with Crippen LogP contribution in [0.4, 0.5) is 17.5 Å². The molecule has 2 aromatic heterocycles. The quantitative estimate of drug-likeness (QED) is 0.162. The molecule has 0 bridgehead atoms. The van der Waals surface area contributed by atoms with E-state index in [1.165, 1.54) is 17.2 Å². The molecule has 0 aliphatic rings. The summed E-state index contributed by atoms with van der Waals surface area (Å²) in [6.07, 6.45) is 9.63. The van der Waals surface area contributed by atoms with E-state index in [9.17, 15) is 14.4 Å². The number of likely N-dealkylation sites (N-methyl/N-ethyl adjacent to an activating group) is 2. The van der Waals surface area contributed by atoms with Crippen LogP contribution in [0.3, 0.4) is 0 Å². The van der Waals surface area contributed by atoms with Gasteiger partial charge in [-0.25, -0.2) is 4.98 Å². The molecular formula is C29H39N9O3. The van der Waals surface area contributed by atoms with E-state index in [4.69, 9.17) is 0 Å². The van der Waals surface area contributed by atoms with Gasteiger partial charge in [-0.3, -0.25) is 19.4 Å². The number of hydrogen-bond donors (Lipinski definition) is 4. The van der Waals surface area contributed by atoms with Crippen LogP contribution < -0.4 is 21.3 Å². The molecule has 2 heterocycles. The summed E-state index contributed by atoms with van der Waals surface area (Å²) in [4.78, 5) is 53.4. The van der Waals surface area contributed by atoms with Crippen molar-refractivity contribution in [1.82, 2.24) is 35.4 Å². The number of pyridine rings is 1. The molecule has 0 spiro atoms. The summed E-state index contributed by atoms with van der Waals surface area (Å²) in [5, 5.41) is 14.1. The summed E-state index contributed by atoms with van der Waals surface area (Å²) >= 11 is 0. The van der Waals surface area contributed by atoms with Crippen molar-refractivity contribution in [2.45, 2.75) is 19.8 Å². The molecule has 4 N–H and O–H groups in total. The minimum Gasteiger partial charge on any atom is -0.369 e. The molecule has 0 aliphatic carbocycles. The summed E-state index contributed by atoms with van der Waals surface area (Å²) in [6.45, 7) is 3.98. The van der Waals surface area contributed by atoms with Crippen LogP contribution >= 0.6 is 0 Å². The van der Waals surface area contributed by atoms with E-state index in [0.717, 1.165) is 22.9 Å². The lowest BCUT2D eigenvalue weighted by Gasteiger charge is -2.15. The Morgan fingerprint density at radius 3 is 2.56 bits per heavy atom. The number of nitrogens with zero attached hydrogens (tertiary/aromatic N) is 5. The second-order valence-electron chi connectivity index (χ2n) is 9.76. The predicted molar refractivity (Wildman–Crippen MR) is 161 cm³/mol. The molecule has 0 unspecified atom stereocenters. The summed E-state index contributed by atoms with van der Waals surface area (Å²) in [6, 6.07) is 7.80. The maximum Gasteiger partial charge on any atom is 0.256 e. The van der Waals surface area contributed by atoms with Crippen LogP contribution in [0.2, 0.25) is 0 Å². The Hall–Kier alpha value is -4.58. The van der Waals surface area contributed by atoms with Crippen LogP contribution in [0.1, 0.15) is 30.1 Å². The second-order valence-corrected chi connectivity index (χ2v) is 9.76. The fourth-order valence-corrected chi connectivity index (χ4v) is 3.73. The smallest absolute Gasteiger partial charge is 0.256 e. The Labute approximate surface area is 240 Å². The molecule has 0 atom stereocenters. The molecule has 218 valence electrons. The molecule has 0 radical (unpaired) electrons. The zero-order chi connectivity index (χ0) is 29.6. The first kappa shape index (κ1) is 31.0. The van der Waals surface area contributed by atoms with Gasteiger partial charge in [0.05, 0.1) is 6.54 Å². The lowest BCUT2D eigenvalue weighted by Crippen LogP contribution is -2.38. The highest BCUT2D eigenvalue weighted by molar-refractivity contribution is 5.98. The molecule has 0 saturated heterocycles. The van der Waals surface area contributed by atoms with E-state index in [1.807, 2.05) is 50.2 Å². The highest BCUT2D eigenvalue weighted by Gasteiger charge is 2.15. The standard InChI is InChI=1S/C29H39N9O3/c1-5-12-32-27-24(19-34-29(36-27)35-23-10-9-22-18-30-15-11-21(22)17-23)28(41)33-14-7-13-31-25(39)20-38(4)26(40)8-6-16-37(2)3/h6,8-11,15,17-19H,5,7,12-14,16,20H2,1-4H3,(H,31,39)(H,33,41)(H2,32,34,35,36)/b8-6+. The summed E-state index contributed by atoms with van der Waals surface area (Å²) in [7, 11) is 5.39. The maximum atomic E-state index is 12.9. The Kier molecular flexibility index (Phi) is 12.0. The normalized spacial score (nSPS) is 11.0. The number of hydrogen-bond acceptors (Lipinski definition) is 9. The van der Waals surface area contributed by atoms with Gasteiger partial charge in [0, 0.05) is 69.0 Å². The summed E-state index contributed by atoms with van der Waals surface area (Å²) in [5.41, 5.74) is 1.15. The third kappa shape index (κ3) is 10.2. The van der Waals surface area contributed by atoms with E-state index in [2.05, 4.69) is 36.2 Å². The zero-order valence-corrected chi connectivity index (χ0v) is 24.1. The molecule has 3 aromatic rings. The van der Waals surface area contributed by atoms with Crippen molar-refractivity contribution in [2.75, 3.05) is 64.5 Å². The van der Waals surface area contributed by atoms with Gasteiger partial charge < -0.3 is 31.1 Å². The fourth-order valence-electron chi connectivity index (χ4n) is 3.73. The van der Waals surface area contributed by atoms with Crippen molar-refractivity contribution in [3.05, 3.63) is 60.6 Å². The van der Waals surface area contributed by atoms with E-state index in [-0.39, 0.29) is 24.3 Å². The van der Waals surface area contributed by atoms with Crippen molar-refractivity contribution < 1.29 is 14.4 Å². The Bertz CT molecular complexity index is 1360. The van der Waals surface area contributed by atoms with Gasteiger partial charge in [-0.05, 0) is 50.5 Å². The number of fused-ring (bicyclic) bond motifs is 1. The largest absolute Gasteiger partial charge is 0.369 e. The third-order valence-electron chi connectivity index (χ3n) is 5.92. The van der Waals surface area contributed by atoms with Gasteiger partial charge in [0.2, 0.25) is 17.8 Å². The SMILES string of the molecule is CCCNc1nc(Nc2ccc3cnccc3c2)ncc1C(=O)NCCCNC(=O)CN(C)C(=O)/C=C/CN(C)C. The van der Waals surface area contributed by atoms with Crippen molar-refractivity contribution >= 4 is 45.9 Å². The Morgan fingerprint density at radius 2 is 1.78 bits per heavy atom. The third-order valence-corrected chi connectivity index (χ3v) is 5.92. The van der Waals surface area contributed by atoms with Gasteiger partial charge in [0.1, 0.15) is 11.4 Å². The number of rotatable bonds is 15. The first-order chi connectivity index (χ1) is 19.8. The predicted octanol–water partition coefficient (Wildman–Crippen LogP) is 2.40. The first-order valence-electron chi connectivity index (χ1n) is 13.6. The van der Waals surface area contributed by atoms with E-state index >= 15 is 0 Å². The monoisotopic (exact) mass is 561 g/mol. The van der Waals surface area contributed by atoms with Gasteiger partial charge >= 0.3 is 0 Å². The number of carbonyl (C=O) groups excluding carboxylic acids is 3. The van der Waals surface area contributed by atoms with Gasteiger partial charge in [-0.2, -0.15) is 4.98 Å². The van der Waals surface area contributed by atoms with Gasteiger partial charge in [-0.15, -0.1) is 0 Å². The molecule has 3 amide bonds. The van der Waals surface area contributed by atoms with Crippen LogP contribution in [0.15, 0.2) is 55.0 Å². The lowest BCUT2D eigenvalue weighted by atomic mass is 10.1. The molecule has 0 fully saturated rings. The average Bonchev–Trinajstić information content (AvgIpc) is 2.95. The zero-order valence-electron chi connectivity index (χ0n) is 24.1. The molecule has 3 rings (SSSR count). The number of benzene rings is 1. The van der Waals surface area contributed by atoms with Crippen LogP contribution in [0.5, 0.6) is 0 Å². The maximum absolute atomic E-state index is 12.9. The van der Waals surface area contributed by atoms with Crippen LogP contribution in [-0.4, -0.2) is 96.3 Å². The van der Waals surface area contributed by atoms with Gasteiger partial charge in [-0.1, -0.05) is 19.1 Å². The second kappa shape index (κ2) is 15.9. The van der Waals surface area contributed by atoms with Crippen molar-refractivity contribution in [3.8, 4) is 0 Å².